The number of hydrogen-bond acceptors (Lipinski definition) is 7. The molecule has 0 fully saturated rings. The van der Waals surface area contributed by atoms with Crippen molar-refractivity contribution in [1.29, 1.82) is 0 Å². The molecule has 2 rings (SSSR count). The van der Waals surface area contributed by atoms with Gasteiger partial charge in [-0.2, -0.15) is 4.98 Å². The molecular formula is C12H19N7O2S. The van der Waals surface area contributed by atoms with E-state index in [0.717, 1.165) is 11.5 Å². The maximum Gasteiger partial charge on any atom is 0.257 e. The minimum atomic E-state index is -3.56. The molecule has 0 aromatic carbocycles. The summed E-state index contributed by atoms with van der Waals surface area (Å²) < 4.78 is 26.2. The average Bonchev–Trinajstić information content (AvgIpc) is 2.98. The molecule has 0 unspecified atom stereocenters. The monoisotopic (exact) mass is 325 g/mol. The fourth-order valence-electron chi connectivity index (χ4n) is 1.69. The van der Waals surface area contributed by atoms with Crippen molar-refractivity contribution in [2.24, 2.45) is 0 Å². The van der Waals surface area contributed by atoms with Gasteiger partial charge < -0.3 is 15.2 Å². The van der Waals surface area contributed by atoms with E-state index in [0.29, 0.717) is 12.5 Å². The first-order chi connectivity index (χ1) is 10.4. The number of aryl methyl sites for hydroxylation is 1. The summed E-state index contributed by atoms with van der Waals surface area (Å²) in [5.74, 6) is 1.25. The number of nitrogens with zero attached hydrogens (tertiary/aromatic N) is 4. The number of rotatable bonds is 7. The van der Waals surface area contributed by atoms with Gasteiger partial charge in [0.2, 0.25) is 5.95 Å². The summed E-state index contributed by atoms with van der Waals surface area (Å²) in [5.41, 5.74) is 0.833. The lowest BCUT2D eigenvalue weighted by Gasteiger charge is -2.13. The third-order valence-corrected chi connectivity index (χ3v) is 4.15. The second kappa shape index (κ2) is 6.71. The summed E-state index contributed by atoms with van der Waals surface area (Å²) in [6.45, 7) is 2.44. The quantitative estimate of drug-likeness (QED) is 0.612. The van der Waals surface area contributed by atoms with Crippen molar-refractivity contribution in [3.63, 3.8) is 0 Å². The van der Waals surface area contributed by atoms with E-state index in [4.69, 9.17) is 0 Å². The largest absolute Gasteiger partial charge is 0.363 e. The Morgan fingerprint density at radius 1 is 1.27 bits per heavy atom. The lowest BCUT2D eigenvalue weighted by atomic mass is 10.4. The molecule has 0 amide bonds. The molecule has 0 saturated carbocycles. The van der Waals surface area contributed by atoms with Crippen molar-refractivity contribution in [2.45, 2.75) is 11.9 Å². The molecule has 22 heavy (non-hydrogen) atoms. The number of sulfonamides is 1. The fourth-order valence-corrected chi connectivity index (χ4v) is 2.62. The zero-order valence-corrected chi connectivity index (χ0v) is 13.5. The minimum Gasteiger partial charge on any atom is -0.363 e. The summed E-state index contributed by atoms with van der Waals surface area (Å²) >= 11 is 0. The molecule has 0 saturated heterocycles. The number of aromatic amines is 1. The smallest absolute Gasteiger partial charge is 0.257 e. The molecule has 2 aromatic rings. The number of nitrogens with one attached hydrogen (secondary N) is 3. The van der Waals surface area contributed by atoms with Crippen molar-refractivity contribution in [1.82, 2.24) is 24.7 Å². The fraction of sp³-hybridized carbons (Fsp3) is 0.417. The van der Waals surface area contributed by atoms with E-state index in [1.807, 2.05) is 32.0 Å². The highest BCUT2D eigenvalue weighted by Gasteiger charge is 2.14. The summed E-state index contributed by atoms with van der Waals surface area (Å²) in [4.78, 5) is 16.7. The molecule has 0 radical (unpaired) electrons. The Balaban J connectivity index is 1.89. The van der Waals surface area contributed by atoms with Crippen LogP contribution in [-0.2, 0) is 10.0 Å². The van der Waals surface area contributed by atoms with Crippen LogP contribution in [0.4, 0.5) is 11.8 Å². The molecule has 9 nitrogen and oxygen atoms in total. The van der Waals surface area contributed by atoms with Gasteiger partial charge in [0.05, 0.1) is 12.5 Å². The number of anilines is 2. The first-order valence-electron chi connectivity index (χ1n) is 6.63. The molecular weight excluding hydrogens is 306 g/mol. The maximum absolute atomic E-state index is 11.9. The molecule has 10 heteroatoms. The van der Waals surface area contributed by atoms with Crippen LogP contribution < -0.4 is 14.9 Å². The highest BCUT2D eigenvalue weighted by Crippen LogP contribution is 2.11. The Bertz CT molecular complexity index is 713. The molecule has 120 valence electrons. The van der Waals surface area contributed by atoms with Crippen molar-refractivity contribution in [3.05, 3.63) is 24.3 Å². The zero-order chi connectivity index (χ0) is 16.2. The van der Waals surface area contributed by atoms with Crippen LogP contribution in [0, 0.1) is 6.92 Å². The molecule has 0 aliphatic carbocycles. The Hall–Kier alpha value is -2.20. The van der Waals surface area contributed by atoms with Crippen molar-refractivity contribution < 1.29 is 8.42 Å². The van der Waals surface area contributed by atoms with Gasteiger partial charge in [0.15, 0.2) is 5.03 Å². The highest BCUT2D eigenvalue weighted by molar-refractivity contribution is 7.89. The normalized spacial score (nSPS) is 11.4. The molecule has 0 bridgehead atoms. The average molecular weight is 325 g/mol. The van der Waals surface area contributed by atoms with E-state index in [-0.39, 0.29) is 11.6 Å². The van der Waals surface area contributed by atoms with E-state index in [1.165, 1.54) is 12.5 Å². The number of H-pyrrole nitrogens is 1. The van der Waals surface area contributed by atoms with Crippen LogP contribution in [0.5, 0.6) is 0 Å². The summed E-state index contributed by atoms with van der Waals surface area (Å²) in [6.07, 6.45) is 2.57. The molecule has 0 spiro atoms. The topological polar surface area (TPSA) is 116 Å². The summed E-state index contributed by atoms with van der Waals surface area (Å²) in [6, 6.07) is 1.87. The van der Waals surface area contributed by atoms with Crippen LogP contribution in [0.2, 0.25) is 0 Å². The molecule has 2 aromatic heterocycles. The van der Waals surface area contributed by atoms with Gasteiger partial charge in [-0.05, 0) is 6.92 Å². The number of hydrogen-bond donors (Lipinski definition) is 3. The van der Waals surface area contributed by atoms with Crippen LogP contribution in [0.15, 0.2) is 23.6 Å². The van der Waals surface area contributed by atoms with Crippen LogP contribution in [0.25, 0.3) is 0 Å². The Kier molecular flexibility index (Phi) is 4.93. The molecule has 2 heterocycles. The highest BCUT2D eigenvalue weighted by atomic mass is 32.2. The van der Waals surface area contributed by atoms with Gasteiger partial charge in [-0.1, -0.05) is 0 Å². The van der Waals surface area contributed by atoms with Gasteiger partial charge >= 0.3 is 0 Å². The van der Waals surface area contributed by atoms with E-state index < -0.39 is 10.0 Å². The van der Waals surface area contributed by atoms with E-state index in [2.05, 4.69) is 30.0 Å². The molecule has 0 aliphatic heterocycles. The SMILES string of the molecule is Cc1cc(N(C)C)nc(NCCNS(=O)(=O)c2cnc[nH]2)n1. The zero-order valence-electron chi connectivity index (χ0n) is 12.7. The van der Waals surface area contributed by atoms with Crippen molar-refractivity contribution in [2.75, 3.05) is 37.4 Å². The molecule has 0 aliphatic rings. The van der Waals surface area contributed by atoms with Gasteiger partial charge in [-0.3, -0.25) is 0 Å². The molecule has 0 atom stereocenters. The van der Waals surface area contributed by atoms with Crippen LogP contribution in [0.3, 0.4) is 0 Å². The van der Waals surface area contributed by atoms with Crippen LogP contribution in [-0.4, -0.2) is 55.5 Å². The van der Waals surface area contributed by atoms with Gasteiger partial charge in [-0.25, -0.2) is 23.1 Å². The Labute approximate surface area is 129 Å². The Morgan fingerprint density at radius 3 is 2.68 bits per heavy atom. The summed E-state index contributed by atoms with van der Waals surface area (Å²) in [5, 5.41) is 3.03. The number of imidazole rings is 1. The Morgan fingerprint density at radius 2 is 2.05 bits per heavy atom. The minimum absolute atomic E-state index is 0.0363. The van der Waals surface area contributed by atoms with Gasteiger partial charge in [0, 0.05) is 38.9 Å². The standard InChI is InChI=1S/C12H19N7O2S/c1-9-6-10(19(2)3)18-12(17-9)14-4-5-16-22(20,21)11-7-13-8-15-11/h6-8,16H,4-5H2,1-3H3,(H,13,15)(H,14,17,18). The van der Waals surface area contributed by atoms with Crippen molar-refractivity contribution >= 4 is 21.8 Å². The van der Waals surface area contributed by atoms with Crippen LogP contribution >= 0.6 is 0 Å². The van der Waals surface area contributed by atoms with E-state index >= 15 is 0 Å². The van der Waals surface area contributed by atoms with E-state index in [1.54, 1.807) is 0 Å². The third kappa shape index (κ3) is 4.15. The van der Waals surface area contributed by atoms with Crippen LogP contribution in [0.1, 0.15) is 5.69 Å². The van der Waals surface area contributed by atoms with Gasteiger partial charge in [0.25, 0.3) is 10.0 Å². The lowest BCUT2D eigenvalue weighted by molar-refractivity contribution is 0.579. The molecule has 3 N–H and O–H groups in total. The lowest BCUT2D eigenvalue weighted by Crippen LogP contribution is -2.29. The second-order valence-corrected chi connectivity index (χ2v) is 6.56. The van der Waals surface area contributed by atoms with Gasteiger partial charge in [-0.15, -0.1) is 0 Å². The number of aromatic nitrogens is 4. The second-order valence-electron chi connectivity index (χ2n) is 4.83. The first kappa shape index (κ1) is 16.2. The third-order valence-electron chi connectivity index (χ3n) is 2.76. The predicted octanol–water partition coefficient (Wildman–Crippen LogP) is -0.0355. The van der Waals surface area contributed by atoms with Gasteiger partial charge in [0.1, 0.15) is 5.82 Å². The maximum atomic E-state index is 11.9. The van der Waals surface area contributed by atoms with E-state index in [9.17, 15) is 8.42 Å². The van der Waals surface area contributed by atoms with Crippen molar-refractivity contribution in [3.8, 4) is 0 Å². The first-order valence-corrected chi connectivity index (χ1v) is 8.12. The predicted molar refractivity (Wildman–Crippen MR) is 83.4 cm³/mol. The summed E-state index contributed by atoms with van der Waals surface area (Å²) in [7, 11) is 0.228.